The molecule has 3 N–H and O–H groups in total. The fourth-order valence-corrected chi connectivity index (χ4v) is 4.50. The number of nitrogens with zero attached hydrogens (tertiary/aromatic N) is 2. The summed E-state index contributed by atoms with van der Waals surface area (Å²) in [5, 5.41) is 21.2. The lowest BCUT2D eigenvalue weighted by molar-refractivity contribution is 0.0822. The van der Waals surface area contributed by atoms with E-state index < -0.39 is 35.1 Å². The van der Waals surface area contributed by atoms with Crippen molar-refractivity contribution >= 4 is 5.91 Å². The molecular formula is C31H32F2N4O3. The van der Waals surface area contributed by atoms with Crippen LogP contribution in [0, 0.1) is 18.6 Å². The van der Waals surface area contributed by atoms with Gasteiger partial charge in [0.2, 0.25) is 5.43 Å². The molecule has 1 aromatic heterocycles. The normalized spacial score (nSPS) is 12.6. The summed E-state index contributed by atoms with van der Waals surface area (Å²) < 4.78 is 29.3. The topological polar surface area (TPSA) is 96.2 Å². The minimum absolute atomic E-state index is 0.0761. The number of amides is 1. The van der Waals surface area contributed by atoms with Crippen LogP contribution in [0.1, 0.15) is 39.8 Å². The number of aryl methyl sites for hydroxylation is 2. The third-order valence-corrected chi connectivity index (χ3v) is 6.56. The first-order valence-electron chi connectivity index (χ1n) is 13.1. The summed E-state index contributed by atoms with van der Waals surface area (Å²) in [6, 6.07) is 20.4. The van der Waals surface area contributed by atoms with Crippen LogP contribution in [0.15, 0.2) is 83.7 Å². The van der Waals surface area contributed by atoms with Gasteiger partial charge in [0, 0.05) is 30.9 Å². The largest absolute Gasteiger partial charge is 0.390 e. The Bertz CT molecular complexity index is 1500. The van der Waals surface area contributed by atoms with E-state index >= 15 is 0 Å². The van der Waals surface area contributed by atoms with Crippen LogP contribution in [0.3, 0.4) is 0 Å². The maximum atomic E-state index is 13.9. The monoisotopic (exact) mass is 546 g/mol. The standard InChI is InChI=1S/C31H32F2N4O3/c1-3-21-8-7-9-22(13-21)18-34-19-29(39)27(16-23-14-24(32)17-25(33)15-23)35-31(40)30-28(38)12-20(2)37(36-30)26-10-5-4-6-11-26/h4-15,17,27,29,34,39H,3,16,18-19H2,1-2H3,(H,35,40)/t27-,29-/m0/s1. The van der Waals surface area contributed by atoms with E-state index in [1.165, 1.54) is 16.3 Å². The molecule has 0 saturated heterocycles. The molecule has 1 amide bonds. The molecule has 0 radical (unpaired) electrons. The highest BCUT2D eigenvalue weighted by Gasteiger charge is 2.25. The van der Waals surface area contributed by atoms with Crippen molar-refractivity contribution in [3.63, 3.8) is 0 Å². The Balaban J connectivity index is 1.55. The molecule has 0 spiro atoms. The molecule has 0 unspecified atom stereocenters. The van der Waals surface area contributed by atoms with Crippen molar-refractivity contribution in [2.45, 2.75) is 45.4 Å². The van der Waals surface area contributed by atoms with E-state index in [0.717, 1.165) is 30.2 Å². The third-order valence-electron chi connectivity index (χ3n) is 6.56. The molecule has 7 nitrogen and oxygen atoms in total. The number of benzene rings is 3. The van der Waals surface area contributed by atoms with Crippen LogP contribution < -0.4 is 16.1 Å². The number of aromatic nitrogens is 2. The van der Waals surface area contributed by atoms with Gasteiger partial charge in [-0.25, -0.2) is 13.5 Å². The van der Waals surface area contributed by atoms with Crippen LogP contribution in [0.25, 0.3) is 5.69 Å². The minimum atomic E-state index is -1.15. The van der Waals surface area contributed by atoms with E-state index in [4.69, 9.17) is 0 Å². The fourth-order valence-electron chi connectivity index (χ4n) is 4.50. The molecule has 0 fully saturated rings. The van der Waals surface area contributed by atoms with E-state index in [0.29, 0.717) is 17.9 Å². The van der Waals surface area contributed by atoms with Gasteiger partial charge in [0.1, 0.15) is 11.6 Å². The van der Waals surface area contributed by atoms with Gasteiger partial charge in [-0.3, -0.25) is 9.59 Å². The number of aliphatic hydroxyl groups excluding tert-OH is 1. The molecule has 0 bridgehead atoms. The Morgan fingerprint density at radius 3 is 2.35 bits per heavy atom. The van der Waals surface area contributed by atoms with Gasteiger partial charge in [0.25, 0.3) is 5.91 Å². The Kier molecular flexibility index (Phi) is 9.52. The number of halogens is 2. The minimum Gasteiger partial charge on any atom is -0.390 e. The van der Waals surface area contributed by atoms with E-state index in [-0.39, 0.29) is 24.2 Å². The number of para-hydroxylation sites is 1. The zero-order valence-electron chi connectivity index (χ0n) is 22.4. The molecule has 4 rings (SSSR count). The number of carbonyl (C=O) groups is 1. The van der Waals surface area contributed by atoms with Crippen molar-refractivity contribution in [1.82, 2.24) is 20.4 Å². The second-order valence-corrected chi connectivity index (χ2v) is 9.68. The fraction of sp³-hybridized carbons (Fsp3) is 0.258. The molecule has 0 saturated carbocycles. The zero-order chi connectivity index (χ0) is 28.6. The number of rotatable bonds is 11. The summed E-state index contributed by atoms with van der Waals surface area (Å²) in [6.07, 6.45) is -0.326. The molecular weight excluding hydrogens is 514 g/mol. The summed E-state index contributed by atoms with van der Waals surface area (Å²) in [6.45, 7) is 4.32. The van der Waals surface area contributed by atoms with E-state index in [2.05, 4.69) is 28.7 Å². The Labute approximate surface area is 231 Å². The maximum Gasteiger partial charge on any atom is 0.276 e. The van der Waals surface area contributed by atoms with Crippen molar-refractivity contribution in [3.8, 4) is 5.69 Å². The van der Waals surface area contributed by atoms with Gasteiger partial charge >= 0.3 is 0 Å². The number of carbonyl (C=O) groups excluding carboxylic acids is 1. The third kappa shape index (κ3) is 7.46. The highest BCUT2D eigenvalue weighted by atomic mass is 19.1. The van der Waals surface area contributed by atoms with Crippen LogP contribution >= 0.6 is 0 Å². The molecule has 0 aliphatic rings. The van der Waals surface area contributed by atoms with Gasteiger partial charge in [-0.2, -0.15) is 5.10 Å². The molecule has 3 aromatic carbocycles. The maximum absolute atomic E-state index is 13.9. The van der Waals surface area contributed by atoms with Gasteiger partial charge in [0.05, 0.1) is 17.8 Å². The van der Waals surface area contributed by atoms with E-state index in [9.17, 15) is 23.5 Å². The second-order valence-electron chi connectivity index (χ2n) is 9.68. The van der Waals surface area contributed by atoms with Crippen LogP contribution in [-0.2, 0) is 19.4 Å². The first-order valence-corrected chi connectivity index (χ1v) is 13.1. The number of aliphatic hydroxyl groups is 1. The van der Waals surface area contributed by atoms with Crippen molar-refractivity contribution in [1.29, 1.82) is 0 Å². The van der Waals surface area contributed by atoms with Crippen LogP contribution in [0.4, 0.5) is 8.78 Å². The smallest absolute Gasteiger partial charge is 0.276 e. The first-order chi connectivity index (χ1) is 19.2. The van der Waals surface area contributed by atoms with E-state index in [1.54, 1.807) is 19.1 Å². The summed E-state index contributed by atoms with van der Waals surface area (Å²) in [7, 11) is 0. The highest BCUT2D eigenvalue weighted by Crippen LogP contribution is 2.13. The number of hydrogen-bond donors (Lipinski definition) is 3. The van der Waals surface area contributed by atoms with E-state index in [1.807, 2.05) is 36.4 Å². The van der Waals surface area contributed by atoms with Crippen LogP contribution in [0.2, 0.25) is 0 Å². The molecule has 208 valence electrons. The summed E-state index contributed by atoms with van der Waals surface area (Å²) >= 11 is 0. The van der Waals surface area contributed by atoms with Gasteiger partial charge in [-0.05, 0) is 60.7 Å². The SMILES string of the molecule is CCc1cccc(CNC[C@H](O)[C@H](Cc2cc(F)cc(F)c2)NC(=O)c2nn(-c3ccccc3)c(C)cc2=O)c1. The predicted molar refractivity (Wildman–Crippen MR) is 149 cm³/mol. The van der Waals surface area contributed by atoms with Gasteiger partial charge in [0.15, 0.2) is 5.69 Å². The van der Waals surface area contributed by atoms with Crippen molar-refractivity contribution in [2.75, 3.05) is 6.54 Å². The Hall–Kier alpha value is -4.21. The first kappa shape index (κ1) is 28.8. The van der Waals surface area contributed by atoms with Crippen molar-refractivity contribution in [3.05, 3.63) is 129 Å². The molecule has 4 aromatic rings. The van der Waals surface area contributed by atoms with Crippen molar-refractivity contribution in [2.24, 2.45) is 0 Å². The van der Waals surface area contributed by atoms with Crippen molar-refractivity contribution < 1.29 is 18.7 Å². The lowest BCUT2D eigenvalue weighted by Gasteiger charge is -2.25. The molecule has 0 aliphatic heterocycles. The average molecular weight is 547 g/mol. The molecule has 1 heterocycles. The Morgan fingerprint density at radius 2 is 1.65 bits per heavy atom. The second kappa shape index (κ2) is 13.2. The Morgan fingerprint density at radius 1 is 0.950 bits per heavy atom. The van der Waals surface area contributed by atoms with Crippen LogP contribution in [-0.4, -0.2) is 39.5 Å². The van der Waals surface area contributed by atoms with Crippen LogP contribution in [0.5, 0.6) is 0 Å². The quantitative estimate of drug-likeness (QED) is 0.266. The lowest BCUT2D eigenvalue weighted by Crippen LogP contribution is -2.49. The predicted octanol–water partition coefficient (Wildman–Crippen LogP) is 3.87. The summed E-state index contributed by atoms with van der Waals surface area (Å²) in [4.78, 5) is 26.0. The average Bonchev–Trinajstić information content (AvgIpc) is 2.92. The molecule has 0 aliphatic carbocycles. The summed E-state index contributed by atoms with van der Waals surface area (Å²) in [5.41, 5.74) is 2.72. The number of nitrogens with one attached hydrogen (secondary N) is 2. The van der Waals surface area contributed by atoms with Gasteiger partial charge < -0.3 is 15.7 Å². The molecule has 40 heavy (non-hydrogen) atoms. The van der Waals surface area contributed by atoms with Gasteiger partial charge in [-0.15, -0.1) is 0 Å². The highest BCUT2D eigenvalue weighted by molar-refractivity contribution is 5.92. The zero-order valence-corrected chi connectivity index (χ0v) is 22.4. The molecule has 9 heteroatoms. The number of hydrogen-bond acceptors (Lipinski definition) is 5. The van der Waals surface area contributed by atoms with Gasteiger partial charge in [-0.1, -0.05) is 49.4 Å². The molecule has 2 atom stereocenters. The summed E-state index contributed by atoms with van der Waals surface area (Å²) in [5.74, 6) is -2.34. The lowest BCUT2D eigenvalue weighted by atomic mass is 10.00.